The number of thiocarbonyl (C=S) groups is 1. The Bertz CT molecular complexity index is 1010. The summed E-state index contributed by atoms with van der Waals surface area (Å²) in [5.41, 5.74) is 2.59. The van der Waals surface area contributed by atoms with Crippen LogP contribution in [0.4, 0.5) is 10.7 Å². The highest BCUT2D eigenvalue weighted by atomic mass is 32.1. The summed E-state index contributed by atoms with van der Waals surface area (Å²) in [4.78, 5) is 38.4. The quantitative estimate of drug-likeness (QED) is 0.529. The number of hydrogen-bond donors (Lipinski definition) is 2. The Hall–Kier alpha value is -2.98. The molecule has 2 aromatic rings. The van der Waals surface area contributed by atoms with Crippen LogP contribution in [0.5, 0.6) is 0 Å². The van der Waals surface area contributed by atoms with Crippen LogP contribution >= 0.6 is 23.6 Å². The molecular weight excluding hydrogens is 426 g/mol. The van der Waals surface area contributed by atoms with E-state index < -0.39 is 11.9 Å². The van der Waals surface area contributed by atoms with Crippen molar-refractivity contribution >= 4 is 57.2 Å². The van der Waals surface area contributed by atoms with Crippen LogP contribution < -0.4 is 10.6 Å². The number of nitrogens with zero attached hydrogens (tertiary/aromatic N) is 1. The molecule has 0 aliphatic heterocycles. The maximum atomic E-state index is 12.5. The monoisotopic (exact) mass is 449 g/mol. The van der Waals surface area contributed by atoms with E-state index in [1.165, 1.54) is 19.1 Å². The Morgan fingerprint density at radius 1 is 1.03 bits per heavy atom. The Labute approximate surface area is 184 Å². The molecule has 1 amide bonds. The number of aryl methyl sites for hydroxylation is 1. The van der Waals surface area contributed by atoms with Crippen molar-refractivity contribution < 1.29 is 23.9 Å². The van der Waals surface area contributed by atoms with Crippen molar-refractivity contribution in [2.75, 3.05) is 38.9 Å². The molecule has 2 rings (SSSR count). The molecule has 0 radical (unpaired) electrons. The van der Waals surface area contributed by atoms with Gasteiger partial charge in [-0.1, -0.05) is 6.07 Å². The molecule has 0 saturated carbocycles. The molecule has 0 bridgehead atoms. The molecule has 160 valence electrons. The highest BCUT2D eigenvalue weighted by Crippen LogP contribution is 2.34. The first-order valence-electron chi connectivity index (χ1n) is 8.81. The lowest BCUT2D eigenvalue weighted by molar-refractivity contribution is 0.0592. The lowest BCUT2D eigenvalue weighted by Crippen LogP contribution is -2.21. The second-order valence-corrected chi connectivity index (χ2v) is 7.98. The van der Waals surface area contributed by atoms with Crippen molar-refractivity contribution in [3.05, 3.63) is 45.3 Å². The van der Waals surface area contributed by atoms with E-state index in [0.29, 0.717) is 26.7 Å². The Kier molecular flexibility index (Phi) is 7.52. The van der Waals surface area contributed by atoms with Crippen molar-refractivity contribution in [2.24, 2.45) is 0 Å². The molecule has 1 heterocycles. The first kappa shape index (κ1) is 23.3. The maximum absolute atomic E-state index is 12.5. The third-order valence-electron chi connectivity index (χ3n) is 4.27. The number of benzene rings is 1. The van der Waals surface area contributed by atoms with E-state index in [9.17, 15) is 14.4 Å². The van der Waals surface area contributed by atoms with Gasteiger partial charge < -0.3 is 25.0 Å². The Morgan fingerprint density at radius 3 is 2.23 bits per heavy atom. The fourth-order valence-corrected chi connectivity index (χ4v) is 4.11. The van der Waals surface area contributed by atoms with Crippen molar-refractivity contribution in [2.45, 2.75) is 13.8 Å². The van der Waals surface area contributed by atoms with Crippen molar-refractivity contribution in [1.29, 1.82) is 0 Å². The molecule has 30 heavy (non-hydrogen) atoms. The number of anilines is 2. The van der Waals surface area contributed by atoms with Gasteiger partial charge in [-0.3, -0.25) is 4.79 Å². The van der Waals surface area contributed by atoms with E-state index in [-0.39, 0.29) is 16.6 Å². The summed E-state index contributed by atoms with van der Waals surface area (Å²) < 4.78 is 9.62. The number of methoxy groups -OCH3 is 2. The number of nitrogens with one attached hydrogen (secondary N) is 2. The van der Waals surface area contributed by atoms with Gasteiger partial charge in [0.05, 0.1) is 30.2 Å². The Morgan fingerprint density at radius 2 is 1.67 bits per heavy atom. The van der Waals surface area contributed by atoms with Gasteiger partial charge in [-0.05, 0) is 49.3 Å². The van der Waals surface area contributed by atoms with Gasteiger partial charge in [0.1, 0.15) is 5.00 Å². The first-order chi connectivity index (χ1) is 14.1. The van der Waals surface area contributed by atoms with Crippen LogP contribution in [-0.2, 0) is 9.47 Å². The molecule has 0 fully saturated rings. The SMILES string of the molecule is COC(=O)c1ccc(C)c(NC(=S)Nc2sc(C(=O)N(C)C)c(C)c2C(=O)OC)c1. The fourth-order valence-electron chi connectivity index (χ4n) is 2.61. The van der Waals surface area contributed by atoms with E-state index in [0.717, 1.165) is 16.9 Å². The lowest BCUT2D eigenvalue weighted by Gasteiger charge is -2.13. The standard InChI is InChI=1S/C20H23N3O5S2/c1-10-7-8-12(18(25)27-5)9-13(10)21-20(29)22-16-14(19(26)28-6)11(2)15(30-16)17(24)23(3)4/h7-9H,1-6H3,(H2,21,22,29). The molecule has 0 saturated heterocycles. The van der Waals surface area contributed by atoms with Crippen LogP contribution in [0.2, 0.25) is 0 Å². The topological polar surface area (TPSA) is 97.0 Å². The third kappa shape index (κ3) is 4.95. The van der Waals surface area contributed by atoms with Gasteiger partial charge in [0, 0.05) is 19.8 Å². The summed E-state index contributed by atoms with van der Waals surface area (Å²) in [7, 11) is 5.85. The van der Waals surface area contributed by atoms with Crippen LogP contribution in [0, 0.1) is 13.8 Å². The lowest BCUT2D eigenvalue weighted by atomic mass is 10.1. The van der Waals surface area contributed by atoms with E-state index >= 15 is 0 Å². The summed E-state index contributed by atoms with van der Waals surface area (Å²) in [6.45, 7) is 3.54. The van der Waals surface area contributed by atoms with Crippen LogP contribution in [0.1, 0.15) is 41.5 Å². The van der Waals surface area contributed by atoms with Gasteiger partial charge in [-0.15, -0.1) is 11.3 Å². The number of amides is 1. The normalized spacial score (nSPS) is 10.2. The number of ether oxygens (including phenoxy) is 2. The summed E-state index contributed by atoms with van der Waals surface area (Å²) in [6, 6.07) is 5.04. The van der Waals surface area contributed by atoms with Gasteiger partial charge >= 0.3 is 11.9 Å². The molecular formula is C20H23N3O5S2. The Balaban J connectivity index is 2.35. The van der Waals surface area contributed by atoms with Gasteiger partial charge in [-0.2, -0.15) is 0 Å². The van der Waals surface area contributed by atoms with E-state index in [2.05, 4.69) is 10.6 Å². The van der Waals surface area contributed by atoms with Crippen LogP contribution in [0.3, 0.4) is 0 Å². The number of carbonyl (C=O) groups excluding carboxylic acids is 3. The number of hydrogen-bond acceptors (Lipinski definition) is 7. The van der Waals surface area contributed by atoms with Gasteiger partial charge in [0.2, 0.25) is 0 Å². The molecule has 10 heteroatoms. The van der Waals surface area contributed by atoms with Crippen molar-refractivity contribution in [3.8, 4) is 0 Å². The minimum atomic E-state index is -0.573. The number of thiophene rings is 1. The first-order valence-corrected chi connectivity index (χ1v) is 10.0. The van der Waals surface area contributed by atoms with Crippen molar-refractivity contribution in [3.63, 3.8) is 0 Å². The highest BCUT2D eigenvalue weighted by Gasteiger charge is 2.26. The molecule has 0 spiro atoms. The van der Waals surface area contributed by atoms with Crippen molar-refractivity contribution in [1.82, 2.24) is 4.90 Å². The molecule has 0 aliphatic rings. The predicted octanol–water partition coefficient (Wildman–Crippen LogP) is 3.45. The molecule has 1 aromatic heterocycles. The van der Waals surface area contributed by atoms with Gasteiger partial charge in [0.15, 0.2) is 5.11 Å². The summed E-state index contributed by atoms with van der Waals surface area (Å²) in [5.74, 6) is -1.27. The van der Waals surface area contributed by atoms with Gasteiger partial charge in [0.25, 0.3) is 5.91 Å². The predicted molar refractivity (Wildman–Crippen MR) is 121 cm³/mol. The highest BCUT2D eigenvalue weighted by molar-refractivity contribution is 7.80. The number of esters is 2. The van der Waals surface area contributed by atoms with Gasteiger partial charge in [-0.25, -0.2) is 9.59 Å². The van der Waals surface area contributed by atoms with Crippen LogP contribution in [0.15, 0.2) is 18.2 Å². The molecule has 2 N–H and O–H groups in total. The molecule has 0 atom stereocenters. The van der Waals surface area contributed by atoms with E-state index in [4.69, 9.17) is 21.7 Å². The molecule has 0 aliphatic carbocycles. The molecule has 8 nitrogen and oxygen atoms in total. The second kappa shape index (κ2) is 9.68. The zero-order valence-corrected chi connectivity index (χ0v) is 19.2. The summed E-state index contributed by atoms with van der Waals surface area (Å²) >= 11 is 6.50. The smallest absolute Gasteiger partial charge is 0.341 e. The van der Waals surface area contributed by atoms with E-state index in [1.54, 1.807) is 39.2 Å². The summed E-state index contributed by atoms with van der Waals surface area (Å²) in [6.07, 6.45) is 0. The fraction of sp³-hybridized carbons (Fsp3) is 0.300. The maximum Gasteiger partial charge on any atom is 0.341 e. The van der Waals surface area contributed by atoms with Crippen LogP contribution in [-0.4, -0.2) is 56.2 Å². The third-order valence-corrected chi connectivity index (χ3v) is 5.67. The largest absolute Gasteiger partial charge is 0.465 e. The van der Waals surface area contributed by atoms with E-state index in [1.807, 2.05) is 6.92 Å². The average Bonchev–Trinajstić information content (AvgIpc) is 3.03. The van der Waals surface area contributed by atoms with Crippen LogP contribution in [0.25, 0.3) is 0 Å². The second-order valence-electron chi connectivity index (χ2n) is 6.55. The minimum Gasteiger partial charge on any atom is -0.465 e. The minimum absolute atomic E-state index is 0.190. The molecule has 1 aromatic carbocycles. The summed E-state index contributed by atoms with van der Waals surface area (Å²) in [5, 5.41) is 6.57. The molecule has 0 unspecified atom stereocenters. The number of rotatable bonds is 5. The average molecular weight is 450 g/mol. The zero-order chi connectivity index (χ0) is 22.6. The number of carbonyl (C=O) groups is 3. The zero-order valence-electron chi connectivity index (χ0n) is 17.5.